The molecule has 0 atom stereocenters. The molecular formula is C28H34N6O2. The highest BCUT2D eigenvalue weighted by molar-refractivity contribution is 5.62. The highest BCUT2D eigenvalue weighted by atomic mass is 16.7. The molecule has 1 aliphatic carbocycles. The van der Waals surface area contributed by atoms with Gasteiger partial charge in [0.05, 0.1) is 11.3 Å². The van der Waals surface area contributed by atoms with Crippen LogP contribution in [0.2, 0.25) is 0 Å². The first-order valence-corrected chi connectivity index (χ1v) is 12.9. The minimum atomic E-state index is 0.0658. The zero-order valence-corrected chi connectivity index (χ0v) is 21.2. The zero-order valence-electron chi connectivity index (χ0n) is 21.2. The molecule has 0 bridgehead atoms. The van der Waals surface area contributed by atoms with Crippen molar-refractivity contribution in [3.63, 3.8) is 0 Å². The average Bonchev–Trinajstić information content (AvgIpc) is 2.93. The minimum Gasteiger partial charge on any atom is -0.474 e. The Hall–Kier alpha value is -3.68. The lowest BCUT2D eigenvalue weighted by atomic mass is 9.90. The molecule has 0 amide bonds. The van der Waals surface area contributed by atoms with Crippen LogP contribution in [0.1, 0.15) is 60.4 Å². The van der Waals surface area contributed by atoms with Gasteiger partial charge in [-0.15, -0.1) is 0 Å². The van der Waals surface area contributed by atoms with Gasteiger partial charge in [0.1, 0.15) is 12.4 Å². The molecule has 8 heteroatoms. The SMILES string of the molecule is C=C(NOc1ncnc(OC2CCN(c3ncc(CC)cn3)CC2)c1C)c1ccc2c(c1)CCCC2. The molecule has 0 spiro atoms. The summed E-state index contributed by atoms with van der Waals surface area (Å²) < 4.78 is 6.25. The number of fused-ring (bicyclic) bond motifs is 1. The van der Waals surface area contributed by atoms with Gasteiger partial charge in [0, 0.05) is 43.9 Å². The van der Waals surface area contributed by atoms with E-state index in [0.717, 1.165) is 67.8 Å². The summed E-state index contributed by atoms with van der Waals surface area (Å²) in [5, 5.41) is 0. The van der Waals surface area contributed by atoms with E-state index in [1.807, 2.05) is 19.3 Å². The van der Waals surface area contributed by atoms with Crippen LogP contribution in [-0.2, 0) is 19.3 Å². The predicted octanol–water partition coefficient (Wildman–Crippen LogP) is 4.62. The van der Waals surface area contributed by atoms with Crippen molar-refractivity contribution in [1.82, 2.24) is 25.4 Å². The van der Waals surface area contributed by atoms with Gasteiger partial charge in [0.2, 0.25) is 11.8 Å². The van der Waals surface area contributed by atoms with E-state index in [9.17, 15) is 0 Å². The lowest BCUT2D eigenvalue weighted by Crippen LogP contribution is -2.39. The first-order chi connectivity index (χ1) is 17.6. The quantitative estimate of drug-likeness (QED) is 0.462. The molecule has 3 aromatic rings. The molecule has 3 heterocycles. The van der Waals surface area contributed by atoms with E-state index in [1.165, 1.54) is 30.3 Å². The van der Waals surface area contributed by atoms with Gasteiger partial charge in [0.25, 0.3) is 5.88 Å². The molecule has 2 aliphatic rings. The first kappa shape index (κ1) is 24.0. The molecule has 1 N–H and O–H groups in total. The van der Waals surface area contributed by atoms with Crippen molar-refractivity contribution in [1.29, 1.82) is 0 Å². The average molecular weight is 487 g/mol. The number of aromatic nitrogens is 4. The number of ether oxygens (including phenoxy) is 1. The van der Waals surface area contributed by atoms with Crippen LogP contribution in [-0.4, -0.2) is 39.1 Å². The Morgan fingerprint density at radius 2 is 1.75 bits per heavy atom. The number of hydrogen-bond acceptors (Lipinski definition) is 8. The number of rotatable bonds is 8. The lowest BCUT2D eigenvalue weighted by Gasteiger charge is -2.32. The molecule has 36 heavy (non-hydrogen) atoms. The number of nitrogens with zero attached hydrogens (tertiary/aromatic N) is 5. The van der Waals surface area contributed by atoms with Crippen molar-refractivity contribution >= 4 is 11.6 Å². The van der Waals surface area contributed by atoms with Gasteiger partial charge in [-0.1, -0.05) is 25.6 Å². The highest BCUT2D eigenvalue weighted by Crippen LogP contribution is 2.27. The van der Waals surface area contributed by atoms with Gasteiger partial charge in [-0.2, -0.15) is 4.98 Å². The van der Waals surface area contributed by atoms with E-state index >= 15 is 0 Å². The number of hydroxylamine groups is 1. The van der Waals surface area contributed by atoms with Crippen molar-refractivity contribution in [2.24, 2.45) is 0 Å². The number of piperidine rings is 1. The maximum atomic E-state index is 6.25. The van der Waals surface area contributed by atoms with E-state index in [0.29, 0.717) is 17.5 Å². The number of hydrogen-bond donors (Lipinski definition) is 1. The molecule has 2 aromatic heterocycles. The molecule has 0 saturated carbocycles. The predicted molar refractivity (Wildman–Crippen MR) is 140 cm³/mol. The van der Waals surface area contributed by atoms with Crippen LogP contribution >= 0.6 is 0 Å². The monoisotopic (exact) mass is 486 g/mol. The normalized spacial score (nSPS) is 15.8. The van der Waals surface area contributed by atoms with Crippen LogP contribution in [0.3, 0.4) is 0 Å². The maximum Gasteiger partial charge on any atom is 0.255 e. The Labute approximate surface area is 212 Å². The molecule has 188 valence electrons. The fourth-order valence-corrected chi connectivity index (χ4v) is 4.76. The van der Waals surface area contributed by atoms with Gasteiger partial charge in [-0.05, 0) is 61.8 Å². The van der Waals surface area contributed by atoms with Crippen LogP contribution in [0.25, 0.3) is 5.70 Å². The molecular weight excluding hydrogens is 452 g/mol. The van der Waals surface area contributed by atoms with Crippen LogP contribution in [0.15, 0.2) is 43.5 Å². The third-order valence-electron chi connectivity index (χ3n) is 7.06. The summed E-state index contributed by atoms with van der Waals surface area (Å²) in [7, 11) is 0. The molecule has 0 unspecified atom stereocenters. The van der Waals surface area contributed by atoms with E-state index < -0.39 is 0 Å². The summed E-state index contributed by atoms with van der Waals surface area (Å²) in [6.07, 6.45) is 12.8. The zero-order chi connectivity index (χ0) is 24.9. The van der Waals surface area contributed by atoms with Crippen molar-refractivity contribution in [2.75, 3.05) is 18.0 Å². The van der Waals surface area contributed by atoms with Crippen LogP contribution in [0, 0.1) is 6.92 Å². The second-order valence-electron chi connectivity index (χ2n) is 9.53. The number of anilines is 1. The van der Waals surface area contributed by atoms with E-state index in [-0.39, 0.29) is 6.10 Å². The van der Waals surface area contributed by atoms with Gasteiger partial charge in [0.15, 0.2) is 0 Å². The fraction of sp³-hybridized carbons (Fsp3) is 0.429. The van der Waals surface area contributed by atoms with Crippen molar-refractivity contribution in [2.45, 2.75) is 64.9 Å². The summed E-state index contributed by atoms with van der Waals surface area (Å²) in [6, 6.07) is 6.51. The summed E-state index contributed by atoms with van der Waals surface area (Å²) in [5.41, 5.74) is 9.45. The molecule has 1 aromatic carbocycles. The van der Waals surface area contributed by atoms with Gasteiger partial charge < -0.3 is 14.5 Å². The summed E-state index contributed by atoms with van der Waals surface area (Å²) in [4.78, 5) is 25.7. The number of aryl methyl sites for hydroxylation is 3. The lowest BCUT2D eigenvalue weighted by molar-refractivity contribution is 0.159. The molecule has 0 radical (unpaired) electrons. The largest absolute Gasteiger partial charge is 0.474 e. The molecule has 8 nitrogen and oxygen atoms in total. The third kappa shape index (κ3) is 5.42. The smallest absolute Gasteiger partial charge is 0.255 e. The standard InChI is InChI=1S/C28H34N6O2/c1-4-21-16-29-28(30-17-21)34-13-11-25(12-14-34)35-26-19(2)27(32-18-31-26)36-33-20(3)23-10-9-22-7-5-6-8-24(22)15-23/h9-10,15-18,25,33H,3-8,11-14H2,1-2H3. The first-order valence-electron chi connectivity index (χ1n) is 12.9. The highest BCUT2D eigenvalue weighted by Gasteiger charge is 2.24. The van der Waals surface area contributed by atoms with Gasteiger partial charge >= 0.3 is 0 Å². The van der Waals surface area contributed by atoms with Crippen molar-refractivity contribution < 1.29 is 9.57 Å². The van der Waals surface area contributed by atoms with E-state index in [2.05, 4.69) is 62.0 Å². The molecule has 5 rings (SSSR count). The Morgan fingerprint density at radius 3 is 2.50 bits per heavy atom. The van der Waals surface area contributed by atoms with Crippen LogP contribution in [0.4, 0.5) is 5.95 Å². The molecule has 1 fully saturated rings. The topological polar surface area (TPSA) is 85.3 Å². The maximum absolute atomic E-state index is 6.25. The van der Waals surface area contributed by atoms with Crippen molar-refractivity contribution in [3.05, 3.63) is 71.3 Å². The second kappa shape index (κ2) is 10.9. The summed E-state index contributed by atoms with van der Waals surface area (Å²) >= 11 is 0. The Balaban J connectivity index is 1.16. The van der Waals surface area contributed by atoms with Gasteiger partial charge in [-0.3, -0.25) is 0 Å². The Bertz CT molecular complexity index is 1210. The second-order valence-corrected chi connectivity index (χ2v) is 9.53. The van der Waals surface area contributed by atoms with Crippen LogP contribution in [0.5, 0.6) is 11.8 Å². The Kier molecular flexibility index (Phi) is 7.30. The van der Waals surface area contributed by atoms with E-state index in [1.54, 1.807) is 0 Å². The molecule has 1 aliphatic heterocycles. The minimum absolute atomic E-state index is 0.0658. The number of benzene rings is 1. The van der Waals surface area contributed by atoms with Crippen molar-refractivity contribution in [3.8, 4) is 11.8 Å². The van der Waals surface area contributed by atoms with Crippen LogP contribution < -0.4 is 20.0 Å². The number of nitrogens with one attached hydrogen (secondary N) is 1. The van der Waals surface area contributed by atoms with Gasteiger partial charge in [-0.25, -0.2) is 20.4 Å². The Morgan fingerprint density at radius 1 is 1.03 bits per heavy atom. The fourth-order valence-electron chi connectivity index (χ4n) is 4.76. The molecule has 1 saturated heterocycles. The third-order valence-corrected chi connectivity index (χ3v) is 7.06. The van der Waals surface area contributed by atoms with E-state index in [4.69, 9.17) is 9.57 Å². The summed E-state index contributed by atoms with van der Waals surface area (Å²) in [5.74, 6) is 1.76. The summed E-state index contributed by atoms with van der Waals surface area (Å²) in [6.45, 7) is 9.84.